The second-order valence-corrected chi connectivity index (χ2v) is 5.22. The maximum absolute atomic E-state index is 10.7. The molecular weight excluding hydrogens is 320 g/mol. The molecule has 132 valence electrons. The van der Waals surface area contributed by atoms with Gasteiger partial charge in [-0.05, 0) is 54.1 Å². The molecule has 1 N–H and O–H groups in total. The minimum Gasteiger partial charge on any atom is -0.497 e. The second-order valence-electron chi connectivity index (χ2n) is 5.22. The Morgan fingerprint density at radius 2 is 1.48 bits per heavy atom. The van der Waals surface area contributed by atoms with Crippen LogP contribution >= 0.6 is 0 Å². The van der Waals surface area contributed by atoms with Gasteiger partial charge in [0, 0.05) is 13.3 Å². The van der Waals surface area contributed by atoms with Crippen LogP contribution in [0.25, 0.3) is 0 Å². The zero-order valence-electron chi connectivity index (χ0n) is 14.4. The van der Waals surface area contributed by atoms with Crippen LogP contribution in [0.1, 0.15) is 18.9 Å². The number of hydrazone groups is 1. The highest BCUT2D eigenvalue weighted by atomic mass is 16.5. The number of carbonyl (C=O) groups excluding carboxylic acids is 1. The van der Waals surface area contributed by atoms with Crippen molar-refractivity contribution in [1.29, 1.82) is 0 Å². The molecule has 0 aliphatic carbocycles. The molecule has 2 rings (SSSR count). The molecule has 0 saturated heterocycles. The molecule has 2 aromatic carbocycles. The third-order valence-electron chi connectivity index (χ3n) is 3.20. The van der Waals surface area contributed by atoms with Crippen molar-refractivity contribution < 1.29 is 19.0 Å². The standard InChI is InChI=1S/C19H22N2O4/c1-15(22)21-20-14-16-4-6-18(7-5-16)24-12-3-13-25-19-10-8-17(23-2)9-11-19/h4-11,14H,3,12-13H2,1-2H3,(H,21,22)/b20-14+. The van der Waals surface area contributed by atoms with Crippen LogP contribution in [-0.4, -0.2) is 32.4 Å². The van der Waals surface area contributed by atoms with E-state index in [4.69, 9.17) is 14.2 Å². The predicted molar refractivity (Wildman–Crippen MR) is 96.5 cm³/mol. The Balaban J connectivity index is 1.65. The Morgan fingerprint density at radius 3 is 2.00 bits per heavy atom. The molecule has 0 spiro atoms. The lowest BCUT2D eigenvalue weighted by Gasteiger charge is -2.08. The summed E-state index contributed by atoms with van der Waals surface area (Å²) in [7, 11) is 1.63. The van der Waals surface area contributed by atoms with Crippen LogP contribution in [0.15, 0.2) is 53.6 Å². The van der Waals surface area contributed by atoms with Gasteiger partial charge in [0.25, 0.3) is 0 Å². The summed E-state index contributed by atoms with van der Waals surface area (Å²) in [6.07, 6.45) is 2.35. The van der Waals surface area contributed by atoms with Crippen molar-refractivity contribution in [1.82, 2.24) is 5.43 Å². The maximum atomic E-state index is 10.7. The van der Waals surface area contributed by atoms with E-state index in [1.54, 1.807) is 13.3 Å². The van der Waals surface area contributed by atoms with Crippen molar-refractivity contribution in [3.63, 3.8) is 0 Å². The summed E-state index contributed by atoms with van der Waals surface area (Å²) in [5.41, 5.74) is 3.23. The van der Waals surface area contributed by atoms with E-state index in [0.29, 0.717) is 13.2 Å². The van der Waals surface area contributed by atoms with E-state index in [0.717, 1.165) is 29.2 Å². The van der Waals surface area contributed by atoms with Crippen molar-refractivity contribution in [2.24, 2.45) is 5.10 Å². The average Bonchev–Trinajstić information content (AvgIpc) is 2.63. The minimum atomic E-state index is -0.201. The fraction of sp³-hybridized carbons (Fsp3) is 0.263. The molecule has 6 heteroatoms. The third kappa shape index (κ3) is 6.95. The molecule has 0 radical (unpaired) electrons. The number of methoxy groups -OCH3 is 1. The zero-order valence-corrected chi connectivity index (χ0v) is 14.4. The fourth-order valence-corrected chi connectivity index (χ4v) is 1.96. The number of benzene rings is 2. The molecule has 1 amide bonds. The van der Waals surface area contributed by atoms with E-state index < -0.39 is 0 Å². The summed E-state index contributed by atoms with van der Waals surface area (Å²) in [6, 6.07) is 14.9. The summed E-state index contributed by atoms with van der Waals surface area (Å²) >= 11 is 0. The highest BCUT2D eigenvalue weighted by Gasteiger charge is 1.97. The second kappa shape index (κ2) is 9.97. The number of rotatable bonds is 9. The van der Waals surface area contributed by atoms with Crippen LogP contribution in [0.3, 0.4) is 0 Å². The van der Waals surface area contributed by atoms with E-state index in [1.165, 1.54) is 6.92 Å². The van der Waals surface area contributed by atoms with Gasteiger partial charge in [-0.25, -0.2) is 5.43 Å². The molecule has 0 aliphatic rings. The first-order valence-electron chi connectivity index (χ1n) is 7.97. The van der Waals surface area contributed by atoms with E-state index in [1.807, 2.05) is 48.5 Å². The molecule has 25 heavy (non-hydrogen) atoms. The normalized spacial score (nSPS) is 10.5. The number of hydrogen-bond donors (Lipinski definition) is 1. The van der Waals surface area contributed by atoms with Gasteiger partial charge in [0.05, 0.1) is 26.5 Å². The molecule has 2 aromatic rings. The van der Waals surface area contributed by atoms with Crippen LogP contribution in [0.4, 0.5) is 0 Å². The highest BCUT2D eigenvalue weighted by molar-refractivity contribution is 5.81. The predicted octanol–water partition coefficient (Wildman–Crippen LogP) is 3.01. The molecular formula is C19H22N2O4. The number of nitrogens with zero attached hydrogens (tertiary/aromatic N) is 1. The summed E-state index contributed by atoms with van der Waals surface area (Å²) in [6.45, 7) is 2.55. The molecule has 0 aliphatic heterocycles. The first-order valence-corrected chi connectivity index (χ1v) is 7.97. The number of nitrogens with one attached hydrogen (secondary N) is 1. The van der Waals surface area contributed by atoms with Gasteiger partial charge in [0.2, 0.25) is 5.91 Å². The Hall–Kier alpha value is -3.02. The Labute approximate surface area is 147 Å². The first-order chi connectivity index (χ1) is 12.2. The molecule has 6 nitrogen and oxygen atoms in total. The van der Waals surface area contributed by atoms with E-state index in [2.05, 4.69) is 10.5 Å². The summed E-state index contributed by atoms with van der Waals surface area (Å²) in [5, 5.41) is 3.81. The lowest BCUT2D eigenvalue weighted by molar-refractivity contribution is -0.118. The van der Waals surface area contributed by atoms with Gasteiger partial charge in [0.1, 0.15) is 17.2 Å². The lowest BCUT2D eigenvalue weighted by atomic mass is 10.2. The zero-order chi connectivity index (χ0) is 17.9. The fourth-order valence-electron chi connectivity index (χ4n) is 1.96. The molecule has 0 atom stereocenters. The van der Waals surface area contributed by atoms with E-state index in [-0.39, 0.29) is 5.91 Å². The average molecular weight is 342 g/mol. The van der Waals surface area contributed by atoms with Crippen molar-refractivity contribution in [3.05, 3.63) is 54.1 Å². The van der Waals surface area contributed by atoms with Crippen LogP contribution in [0, 0.1) is 0 Å². The summed E-state index contributed by atoms with van der Waals surface area (Å²) in [4.78, 5) is 10.7. The monoisotopic (exact) mass is 342 g/mol. The smallest absolute Gasteiger partial charge is 0.236 e. The van der Waals surface area contributed by atoms with Crippen molar-refractivity contribution >= 4 is 12.1 Å². The topological polar surface area (TPSA) is 69.2 Å². The number of hydrogen-bond acceptors (Lipinski definition) is 5. The first kappa shape index (κ1) is 18.3. The summed E-state index contributed by atoms with van der Waals surface area (Å²) < 4.78 is 16.4. The van der Waals surface area contributed by atoms with Gasteiger partial charge in [-0.3, -0.25) is 4.79 Å². The third-order valence-corrected chi connectivity index (χ3v) is 3.20. The van der Waals surface area contributed by atoms with Crippen molar-refractivity contribution in [3.8, 4) is 17.2 Å². The van der Waals surface area contributed by atoms with Gasteiger partial charge in [0.15, 0.2) is 0 Å². The van der Waals surface area contributed by atoms with Crippen LogP contribution in [-0.2, 0) is 4.79 Å². The van der Waals surface area contributed by atoms with Gasteiger partial charge >= 0.3 is 0 Å². The number of carbonyl (C=O) groups is 1. The Bertz CT molecular complexity index is 682. The van der Waals surface area contributed by atoms with Gasteiger partial charge in [-0.2, -0.15) is 5.10 Å². The number of amides is 1. The number of ether oxygens (including phenoxy) is 3. The van der Waals surface area contributed by atoms with Gasteiger partial charge in [-0.1, -0.05) is 0 Å². The molecule has 0 saturated carbocycles. The van der Waals surface area contributed by atoms with E-state index in [9.17, 15) is 4.79 Å². The molecule has 0 aromatic heterocycles. The Kier molecular flexibility index (Phi) is 7.31. The summed E-state index contributed by atoms with van der Waals surface area (Å²) in [5.74, 6) is 2.19. The highest BCUT2D eigenvalue weighted by Crippen LogP contribution is 2.17. The van der Waals surface area contributed by atoms with E-state index >= 15 is 0 Å². The van der Waals surface area contributed by atoms with Gasteiger partial charge in [-0.15, -0.1) is 0 Å². The maximum Gasteiger partial charge on any atom is 0.236 e. The molecule has 0 bridgehead atoms. The van der Waals surface area contributed by atoms with Crippen LogP contribution in [0.5, 0.6) is 17.2 Å². The largest absolute Gasteiger partial charge is 0.497 e. The van der Waals surface area contributed by atoms with Crippen LogP contribution in [0.2, 0.25) is 0 Å². The van der Waals surface area contributed by atoms with Crippen LogP contribution < -0.4 is 19.6 Å². The SMILES string of the molecule is COc1ccc(OCCCOc2ccc(/C=N/NC(C)=O)cc2)cc1. The van der Waals surface area contributed by atoms with Crippen molar-refractivity contribution in [2.45, 2.75) is 13.3 Å². The quantitative estimate of drug-likeness (QED) is 0.432. The molecule has 0 heterocycles. The lowest BCUT2D eigenvalue weighted by Crippen LogP contribution is -2.12. The molecule has 0 unspecified atom stereocenters. The van der Waals surface area contributed by atoms with Crippen molar-refractivity contribution in [2.75, 3.05) is 20.3 Å². The minimum absolute atomic E-state index is 0.201. The van der Waals surface area contributed by atoms with Gasteiger partial charge < -0.3 is 14.2 Å². The molecule has 0 fully saturated rings. The Morgan fingerprint density at radius 1 is 0.960 bits per heavy atom.